The molecule has 2 aromatic heterocycles. The number of amides is 2. The number of H-pyrrole nitrogens is 1. The number of tetrazole rings is 1. The summed E-state index contributed by atoms with van der Waals surface area (Å²) in [5.74, 6) is 1.36. The monoisotopic (exact) mass is 523 g/mol. The number of anilines is 2. The van der Waals surface area contributed by atoms with Gasteiger partial charge < -0.3 is 10.1 Å². The molecule has 0 aliphatic carbocycles. The van der Waals surface area contributed by atoms with E-state index >= 15 is 0 Å². The fraction of sp³-hybridized carbons (Fsp3) is 0.179. The molecule has 1 unspecified atom stereocenters. The largest absolute Gasteiger partial charge is 0.491 e. The standard InChI is InChI=1S/C28H25N7O2S/c1-17-16-38-28(29-17)31-27(36)30-24-15-19(21-10-5-6-11-22(21)26-32-34-35-33-26)14-23-20(12-7-13-37-25(23)24)18-8-3-2-4-9-18/h2-6,8-11,14-16,20H,7,12-13H2,1H3,(H2,29,30,31,36)(H,32,33,34,35). The lowest BCUT2D eigenvalue weighted by atomic mass is 9.85. The summed E-state index contributed by atoms with van der Waals surface area (Å²) in [4.78, 5) is 17.4. The predicted molar refractivity (Wildman–Crippen MR) is 148 cm³/mol. The molecule has 1 atom stereocenters. The van der Waals surface area contributed by atoms with Crippen molar-refractivity contribution in [3.05, 3.63) is 88.9 Å². The molecular weight excluding hydrogens is 498 g/mol. The van der Waals surface area contributed by atoms with Crippen molar-refractivity contribution < 1.29 is 9.53 Å². The number of nitrogens with zero attached hydrogens (tertiary/aromatic N) is 4. The molecule has 0 spiro atoms. The van der Waals surface area contributed by atoms with Gasteiger partial charge in [-0.2, -0.15) is 0 Å². The van der Waals surface area contributed by atoms with Gasteiger partial charge in [0.25, 0.3) is 0 Å². The van der Waals surface area contributed by atoms with Gasteiger partial charge in [-0.15, -0.1) is 16.4 Å². The van der Waals surface area contributed by atoms with Crippen LogP contribution in [0, 0.1) is 6.92 Å². The summed E-state index contributed by atoms with van der Waals surface area (Å²) < 4.78 is 6.29. The molecule has 6 rings (SSSR count). The molecule has 1 aliphatic heterocycles. The van der Waals surface area contributed by atoms with Crippen LogP contribution in [0.5, 0.6) is 5.75 Å². The van der Waals surface area contributed by atoms with Crippen molar-refractivity contribution in [2.24, 2.45) is 0 Å². The number of aromatic nitrogens is 5. The summed E-state index contributed by atoms with van der Waals surface area (Å²) in [5.41, 5.74) is 6.39. The van der Waals surface area contributed by atoms with E-state index < -0.39 is 0 Å². The van der Waals surface area contributed by atoms with E-state index in [4.69, 9.17) is 4.74 Å². The second-order valence-electron chi connectivity index (χ2n) is 9.06. The van der Waals surface area contributed by atoms with Crippen molar-refractivity contribution in [2.75, 3.05) is 17.2 Å². The summed E-state index contributed by atoms with van der Waals surface area (Å²) in [6.07, 6.45) is 1.83. The van der Waals surface area contributed by atoms with Crippen molar-refractivity contribution in [2.45, 2.75) is 25.7 Å². The summed E-state index contributed by atoms with van der Waals surface area (Å²) in [6, 6.07) is 22.1. The van der Waals surface area contributed by atoms with Gasteiger partial charge in [0.15, 0.2) is 11.0 Å². The Morgan fingerprint density at radius 3 is 2.63 bits per heavy atom. The maximum absolute atomic E-state index is 13.1. The molecule has 0 bridgehead atoms. The topological polar surface area (TPSA) is 118 Å². The summed E-state index contributed by atoms with van der Waals surface area (Å²) >= 11 is 1.38. The van der Waals surface area contributed by atoms with Crippen LogP contribution in [0.25, 0.3) is 22.5 Å². The van der Waals surface area contributed by atoms with Crippen LogP contribution in [0.2, 0.25) is 0 Å². The van der Waals surface area contributed by atoms with E-state index in [0.29, 0.717) is 29.0 Å². The van der Waals surface area contributed by atoms with Crippen molar-refractivity contribution >= 4 is 28.2 Å². The SMILES string of the molecule is Cc1csc(NC(=O)Nc2cc(-c3ccccc3-c3nnn[nH]3)cc3c2OCCCC3c2ccccc2)n1. The molecule has 3 heterocycles. The Morgan fingerprint density at radius 2 is 1.87 bits per heavy atom. The van der Waals surface area contributed by atoms with Crippen molar-refractivity contribution in [3.63, 3.8) is 0 Å². The smallest absolute Gasteiger partial charge is 0.325 e. The number of urea groups is 1. The van der Waals surface area contributed by atoms with E-state index in [1.54, 1.807) is 0 Å². The van der Waals surface area contributed by atoms with Crippen molar-refractivity contribution in [3.8, 4) is 28.3 Å². The van der Waals surface area contributed by atoms with Gasteiger partial charge in [0.2, 0.25) is 0 Å². The third-order valence-corrected chi connectivity index (χ3v) is 7.38. The lowest BCUT2D eigenvalue weighted by Gasteiger charge is -2.22. The minimum Gasteiger partial charge on any atom is -0.491 e. The first-order valence-electron chi connectivity index (χ1n) is 12.3. The lowest BCUT2D eigenvalue weighted by Crippen LogP contribution is -2.20. The highest BCUT2D eigenvalue weighted by molar-refractivity contribution is 7.13. The summed E-state index contributed by atoms with van der Waals surface area (Å²) in [5, 5.41) is 22.8. The molecular formula is C28H25N7O2S. The molecule has 3 aromatic carbocycles. The van der Waals surface area contributed by atoms with Crippen molar-refractivity contribution in [1.29, 1.82) is 0 Å². The van der Waals surface area contributed by atoms with Crippen LogP contribution in [0.15, 0.2) is 72.1 Å². The minimum absolute atomic E-state index is 0.109. The molecule has 0 saturated carbocycles. The van der Waals surface area contributed by atoms with E-state index in [-0.39, 0.29) is 11.9 Å². The van der Waals surface area contributed by atoms with Gasteiger partial charge >= 0.3 is 6.03 Å². The fourth-order valence-electron chi connectivity index (χ4n) is 4.84. The van der Waals surface area contributed by atoms with E-state index in [0.717, 1.165) is 40.8 Å². The summed E-state index contributed by atoms with van der Waals surface area (Å²) in [7, 11) is 0. The lowest BCUT2D eigenvalue weighted by molar-refractivity contribution is 0.262. The highest BCUT2D eigenvalue weighted by atomic mass is 32.1. The first kappa shape index (κ1) is 23.8. The molecule has 10 heteroatoms. The zero-order valence-corrected chi connectivity index (χ0v) is 21.5. The highest BCUT2D eigenvalue weighted by Gasteiger charge is 2.26. The normalized spacial score (nSPS) is 14.7. The number of hydrogen-bond acceptors (Lipinski definition) is 7. The molecule has 0 saturated heterocycles. The molecule has 5 aromatic rings. The number of aryl methyl sites for hydroxylation is 1. The number of carbonyl (C=O) groups is 1. The van der Waals surface area contributed by atoms with Crippen LogP contribution in [0.4, 0.5) is 15.6 Å². The summed E-state index contributed by atoms with van der Waals surface area (Å²) in [6.45, 7) is 2.46. The maximum Gasteiger partial charge on any atom is 0.325 e. The van der Waals surface area contributed by atoms with Gasteiger partial charge in [0.05, 0.1) is 18.0 Å². The molecule has 0 fully saturated rings. The highest BCUT2D eigenvalue weighted by Crippen LogP contribution is 2.45. The molecule has 190 valence electrons. The second-order valence-corrected chi connectivity index (χ2v) is 9.92. The van der Waals surface area contributed by atoms with Crippen LogP contribution >= 0.6 is 11.3 Å². The zero-order valence-electron chi connectivity index (χ0n) is 20.6. The number of carbonyl (C=O) groups excluding carboxylic acids is 1. The van der Waals surface area contributed by atoms with Crippen LogP contribution in [-0.2, 0) is 0 Å². The molecule has 2 amide bonds. The molecule has 0 radical (unpaired) electrons. The molecule has 38 heavy (non-hydrogen) atoms. The van der Waals surface area contributed by atoms with Crippen LogP contribution in [0.3, 0.4) is 0 Å². The third kappa shape index (κ3) is 4.85. The first-order chi connectivity index (χ1) is 18.7. The Bertz CT molecular complexity index is 1570. The fourth-order valence-corrected chi connectivity index (χ4v) is 5.53. The number of thiazole rings is 1. The van der Waals surface area contributed by atoms with Gasteiger partial charge in [-0.3, -0.25) is 5.32 Å². The average Bonchev–Trinajstić information content (AvgIpc) is 3.56. The number of rotatable bonds is 5. The van der Waals surface area contributed by atoms with Gasteiger partial charge in [0, 0.05) is 22.4 Å². The number of benzene rings is 3. The van der Waals surface area contributed by atoms with E-state index in [2.05, 4.69) is 66.6 Å². The maximum atomic E-state index is 13.1. The van der Waals surface area contributed by atoms with Crippen LogP contribution in [0.1, 0.15) is 35.6 Å². The van der Waals surface area contributed by atoms with Crippen molar-refractivity contribution in [1.82, 2.24) is 25.6 Å². The number of ether oxygens (including phenoxy) is 1. The number of fused-ring (bicyclic) bond motifs is 1. The Kier molecular flexibility index (Phi) is 6.53. The number of hydrogen-bond donors (Lipinski definition) is 3. The Labute approximate surface area is 223 Å². The van der Waals surface area contributed by atoms with Gasteiger partial charge in [-0.25, -0.2) is 14.9 Å². The van der Waals surface area contributed by atoms with E-state index in [9.17, 15) is 4.79 Å². The Morgan fingerprint density at radius 1 is 1.05 bits per heavy atom. The van der Waals surface area contributed by atoms with Crippen LogP contribution < -0.4 is 15.4 Å². The van der Waals surface area contributed by atoms with E-state index in [1.807, 2.05) is 48.7 Å². The van der Waals surface area contributed by atoms with Crippen LogP contribution in [-0.4, -0.2) is 38.2 Å². The quantitative estimate of drug-likeness (QED) is 0.251. The number of aromatic amines is 1. The van der Waals surface area contributed by atoms with Gasteiger partial charge in [-0.1, -0.05) is 54.6 Å². The number of nitrogens with one attached hydrogen (secondary N) is 3. The average molecular weight is 524 g/mol. The zero-order chi connectivity index (χ0) is 25.9. The van der Waals surface area contributed by atoms with Gasteiger partial charge in [0.1, 0.15) is 5.75 Å². The Balaban J connectivity index is 1.48. The second kappa shape index (κ2) is 10.4. The predicted octanol–water partition coefficient (Wildman–Crippen LogP) is 6.25. The molecule has 3 N–H and O–H groups in total. The molecule has 1 aliphatic rings. The molecule has 9 nitrogen and oxygen atoms in total. The Hall–Kier alpha value is -4.57. The van der Waals surface area contributed by atoms with Gasteiger partial charge in [-0.05, 0) is 59.0 Å². The third-order valence-electron chi connectivity index (χ3n) is 6.50. The van der Waals surface area contributed by atoms with E-state index in [1.165, 1.54) is 16.9 Å². The minimum atomic E-state index is -0.379. The first-order valence-corrected chi connectivity index (χ1v) is 13.2.